The van der Waals surface area contributed by atoms with E-state index in [2.05, 4.69) is 44.3 Å². The van der Waals surface area contributed by atoms with E-state index in [0.717, 1.165) is 18.5 Å². The highest BCUT2D eigenvalue weighted by Crippen LogP contribution is 2.27. The van der Waals surface area contributed by atoms with Crippen LogP contribution in [0.4, 0.5) is 0 Å². The van der Waals surface area contributed by atoms with Crippen molar-refractivity contribution in [2.75, 3.05) is 6.54 Å². The third-order valence-electron chi connectivity index (χ3n) is 3.48. The van der Waals surface area contributed by atoms with E-state index in [1.807, 2.05) is 6.07 Å². The Morgan fingerprint density at radius 2 is 2.00 bits per heavy atom. The van der Waals surface area contributed by atoms with E-state index in [-0.39, 0.29) is 6.04 Å². The van der Waals surface area contributed by atoms with Gasteiger partial charge in [0.1, 0.15) is 0 Å². The molecule has 0 saturated heterocycles. The third kappa shape index (κ3) is 3.40. The summed E-state index contributed by atoms with van der Waals surface area (Å²) in [6.07, 6.45) is 2.55. The Morgan fingerprint density at radius 1 is 1.21 bits per heavy atom. The van der Waals surface area contributed by atoms with Crippen LogP contribution < -0.4 is 5.32 Å². The number of hydrogen-bond acceptors (Lipinski definition) is 2. The van der Waals surface area contributed by atoms with Gasteiger partial charge in [-0.3, -0.25) is 0 Å². The summed E-state index contributed by atoms with van der Waals surface area (Å²) in [6.45, 7) is 7.28. The summed E-state index contributed by atoms with van der Waals surface area (Å²) in [4.78, 5) is 0. The molecule has 19 heavy (non-hydrogen) atoms. The minimum absolute atomic E-state index is 0.193. The van der Waals surface area contributed by atoms with Crippen LogP contribution in [0.1, 0.15) is 35.2 Å². The number of nitrogens with one attached hydrogen (secondary N) is 1. The van der Waals surface area contributed by atoms with Gasteiger partial charge in [0.15, 0.2) is 5.22 Å². The second kappa shape index (κ2) is 6.27. The van der Waals surface area contributed by atoms with E-state index in [4.69, 9.17) is 16.0 Å². The van der Waals surface area contributed by atoms with Crippen LogP contribution >= 0.6 is 11.6 Å². The Kier molecular flexibility index (Phi) is 4.67. The molecule has 3 heteroatoms. The number of rotatable bonds is 5. The Morgan fingerprint density at radius 3 is 2.58 bits per heavy atom. The first-order valence-corrected chi connectivity index (χ1v) is 7.02. The Balaban J connectivity index is 2.21. The van der Waals surface area contributed by atoms with Crippen LogP contribution in [0.25, 0.3) is 0 Å². The lowest BCUT2D eigenvalue weighted by Crippen LogP contribution is -2.22. The van der Waals surface area contributed by atoms with Crippen molar-refractivity contribution < 1.29 is 4.42 Å². The maximum absolute atomic E-state index is 6.09. The van der Waals surface area contributed by atoms with Gasteiger partial charge >= 0.3 is 0 Å². The molecule has 0 amide bonds. The van der Waals surface area contributed by atoms with E-state index in [9.17, 15) is 0 Å². The van der Waals surface area contributed by atoms with Crippen molar-refractivity contribution in [3.05, 3.63) is 58.0 Å². The molecule has 1 N–H and O–H groups in total. The molecule has 0 bridgehead atoms. The molecule has 1 atom stereocenters. The first-order valence-electron chi connectivity index (χ1n) is 6.64. The lowest BCUT2D eigenvalue weighted by Gasteiger charge is -2.17. The van der Waals surface area contributed by atoms with Gasteiger partial charge in [0.2, 0.25) is 0 Å². The smallest absolute Gasteiger partial charge is 0.197 e. The number of hydrogen-bond donors (Lipinski definition) is 1. The summed E-state index contributed by atoms with van der Waals surface area (Å²) in [5, 5.41) is 3.95. The van der Waals surface area contributed by atoms with Crippen molar-refractivity contribution in [2.24, 2.45) is 0 Å². The molecule has 0 aliphatic carbocycles. The number of likely N-dealkylation sites (N-methyl/N-ethyl adjacent to an activating group) is 1. The highest BCUT2D eigenvalue weighted by molar-refractivity contribution is 6.29. The topological polar surface area (TPSA) is 25.2 Å². The van der Waals surface area contributed by atoms with Crippen LogP contribution in [0.15, 0.2) is 34.9 Å². The summed E-state index contributed by atoms with van der Waals surface area (Å²) in [5.74, 6) is 0. The number of furan rings is 1. The molecule has 102 valence electrons. The maximum atomic E-state index is 6.09. The molecule has 0 aliphatic heterocycles. The quantitative estimate of drug-likeness (QED) is 0.874. The van der Waals surface area contributed by atoms with E-state index < -0.39 is 0 Å². The summed E-state index contributed by atoms with van der Waals surface area (Å²) in [7, 11) is 0. The van der Waals surface area contributed by atoms with E-state index in [1.165, 1.54) is 16.7 Å². The highest BCUT2D eigenvalue weighted by atomic mass is 35.5. The van der Waals surface area contributed by atoms with Crippen LogP contribution in [-0.4, -0.2) is 6.54 Å². The molecule has 0 radical (unpaired) electrons. The molecule has 0 saturated carbocycles. The fourth-order valence-electron chi connectivity index (χ4n) is 2.26. The van der Waals surface area contributed by atoms with E-state index >= 15 is 0 Å². The zero-order valence-corrected chi connectivity index (χ0v) is 12.4. The summed E-state index contributed by atoms with van der Waals surface area (Å²) in [6, 6.07) is 8.73. The van der Waals surface area contributed by atoms with Crippen LogP contribution in [-0.2, 0) is 6.42 Å². The maximum Gasteiger partial charge on any atom is 0.197 e. The van der Waals surface area contributed by atoms with Gasteiger partial charge in [-0.15, -0.1) is 0 Å². The summed E-state index contributed by atoms with van der Waals surface area (Å²) >= 11 is 6.09. The molecule has 2 nitrogen and oxygen atoms in total. The molecule has 1 heterocycles. The number of benzene rings is 1. The van der Waals surface area contributed by atoms with Gasteiger partial charge in [-0.2, -0.15) is 0 Å². The van der Waals surface area contributed by atoms with Gasteiger partial charge in [0.25, 0.3) is 0 Å². The molecule has 1 aromatic heterocycles. The monoisotopic (exact) mass is 277 g/mol. The summed E-state index contributed by atoms with van der Waals surface area (Å²) < 4.78 is 5.20. The van der Waals surface area contributed by atoms with Crippen molar-refractivity contribution >= 4 is 11.6 Å². The van der Waals surface area contributed by atoms with Gasteiger partial charge < -0.3 is 9.73 Å². The second-order valence-corrected chi connectivity index (χ2v) is 5.23. The van der Waals surface area contributed by atoms with Gasteiger partial charge in [-0.05, 0) is 61.2 Å². The van der Waals surface area contributed by atoms with Gasteiger partial charge in [0, 0.05) is 11.6 Å². The molecular weight excluding hydrogens is 258 g/mol. The SMILES string of the molecule is CCNC(Cc1ccc(C)c(C)c1)c1ccoc1Cl. The van der Waals surface area contributed by atoms with Gasteiger partial charge in [0.05, 0.1) is 6.26 Å². The van der Waals surface area contributed by atoms with Crippen molar-refractivity contribution in [2.45, 2.75) is 33.2 Å². The second-order valence-electron chi connectivity index (χ2n) is 4.88. The standard InChI is InChI=1S/C16H20ClNO/c1-4-18-15(14-7-8-19-16(14)17)10-13-6-5-11(2)12(3)9-13/h5-9,15,18H,4,10H2,1-3H3. The molecule has 0 aliphatic rings. The molecule has 1 aromatic carbocycles. The molecule has 0 spiro atoms. The zero-order chi connectivity index (χ0) is 13.8. The van der Waals surface area contributed by atoms with Crippen LogP contribution in [0.2, 0.25) is 5.22 Å². The largest absolute Gasteiger partial charge is 0.453 e. The highest BCUT2D eigenvalue weighted by Gasteiger charge is 2.16. The molecule has 0 fully saturated rings. The number of aryl methyl sites for hydroxylation is 2. The minimum atomic E-state index is 0.193. The Hall–Kier alpha value is -1.25. The molecule has 1 unspecified atom stereocenters. The van der Waals surface area contributed by atoms with Crippen molar-refractivity contribution in [1.82, 2.24) is 5.32 Å². The normalized spacial score (nSPS) is 12.6. The van der Waals surface area contributed by atoms with Crippen LogP contribution in [0.3, 0.4) is 0 Å². The Labute approximate surface area is 119 Å². The predicted octanol–water partition coefficient (Wildman–Crippen LogP) is 4.44. The average Bonchev–Trinajstić information content (AvgIpc) is 2.79. The van der Waals surface area contributed by atoms with Gasteiger partial charge in [-0.25, -0.2) is 0 Å². The molecule has 2 rings (SSSR count). The van der Waals surface area contributed by atoms with Gasteiger partial charge in [-0.1, -0.05) is 25.1 Å². The zero-order valence-electron chi connectivity index (χ0n) is 11.7. The first-order chi connectivity index (χ1) is 9.11. The van der Waals surface area contributed by atoms with Crippen LogP contribution in [0, 0.1) is 13.8 Å². The fourth-order valence-corrected chi connectivity index (χ4v) is 2.50. The average molecular weight is 278 g/mol. The number of halogens is 1. The molecule has 2 aromatic rings. The lowest BCUT2D eigenvalue weighted by atomic mass is 9.98. The van der Waals surface area contributed by atoms with Crippen molar-refractivity contribution in [3.63, 3.8) is 0 Å². The van der Waals surface area contributed by atoms with Crippen molar-refractivity contribution in [1.29, 1.82) is 0 Å². The van der Waals surface area contributed by atoms with Crippen molar-refractivity contribution in [3.8, 4) is 0 Å². The van der Waals surface area contributed by atoms with E-state index in [0.29, 0.717) is 5.22 Å². The summed E-state index contributed by atoms with van der Waals surface area (Å²) in [5.41, 5.74) is 4.99. The fraction of sp³-hybridized carbons (Fsp3) is 0.375. The van der Waals surface area contributed by atoms with Crippen LogP contribution in [0.5, 0.6) is 0 Å². The predicted molar refractivity (Wildman–Crippen MR) is 79.8 cm³/mol. The Bertz CT molecular complexity index is 547. The first kappa shape index (κ1) is 14.2. The molecular formula is C16H20ClNO. The lowest BCUT2D eigenvalue weighted by molar-refractivity contribution is 0.526. The minimum Gasteiger partial charge on any atom is -0.453 e. The third-order valence-corrected chi connectivity index (χ3v) is 3.79. The van der Waals surface area contributed by atoms with E-state index in [1.54, 1.807) is 6.26 Å².